The van der Waals surface area contributed by atoms with Crippen molar-refractivity contribution in [3.63, 3.8) is 0 Å². The van der Waals surface area contributed by atoms with Gasteiger partial charge in [0.1, 0.15) is 0 Å². The topological polar surface area (TPSA) is 41.5 Å². The van der Waals surface area contributed by atoms with Crippen LogP contribution < -0.4 is 5.32 Å². The van der Waals surface area contributed by atoms with Crippen LogP contribution in [0.15, 0.2) is 18.2 Å². The molecule has 1 aromatic carbocycles. The highest BCUT2D eigenvalue weighted by molar-refractivity contribution is 5.33. The first kappa shape index (κ1) is 14.9. The van der Waals surface area contributed by atoms with Crippen LogP contribution in [0.2, 0.25) is 0 Å². The Morgan fingerprint density at radius 3 is 2.83 bits per heavy atom. The monoisotopic (exact) mass is 255 g/mol. The summed E-state index contributed by atoms with van der Waals surface area (Å²) in [4.78, 5) is 0. The summed E-state index contributed by atoms with van der Waals surface area (Å²) in [5, 5.41) is 12.6. The highest BCUT2D eigenvalue weighted by Gasteiger charge is 2.05. The SMILES string of the molecule is CC(C)CCOCCNCc1cccc(F)c1O. The van der Waals surface area contributed by atoms with Crippen molar-refractivity contribution in [2.45, 2.75) is 26.8 Å². The fourth-order valence-corrected chi connectivity index (χ4v) is 1.49. The number of benzene rings is 1. The number of phenolic OH excluding ortho intramolecular Hbond substituents is 1. The van der Waals surface area contributed by atoms with Crippen molar-refractivity contribution < 1.29 is 14.2 Å². The van der Waals surface area contributed by atoms with Gasteiger partial charge in [0, 0.05) is 25.3 Å². The van der Waals surface area contributed by atoms with Gasteiger partial charge in [0.15, 0.2) is 11.6 Å². The van der Waals surface area contributed by atoms with E-state index in [0.29, 0.717) is 31.2 Å². The number of ether oxygens (including phenoxy) is 1. The maximum Gasteiger partial charge on any atom is 0.165 e. The second kappa shape index (κ2) is 8.06. The van der Waals surface area contributed by atoms with Crippen molar-refractivity contribution >= 4 is 0 Å². The second-order valence-electron chi connectivity index (χ2n) is 4.72. The Hall–Kier alpha value is -1.13. The highest BCUT2D eigenvalue weighted by atomic mass is 19.1. The summed E-state index contributed by atoms with van der Waals surface area (Å²) >= 11 is 0. The van der Waals surface area contributed by atoms with Crippen LogP contribution in [-0.4, -0.2) is 24.9 Å². The van der Waals surface area contributed by atoms with E-state index < -0.39 is 5.82 Å². The largest absolute Gasteiger partial charge is 0.505 e. The van der Waals surface area contributed by atoms with Crippen molar-refractivity contribution in [3.05, 3.63) is 29.6 Å². The zero-order chi connectivity index (χ0) is 13.4. The quantitative estimate of drug-likeness (QED) is 0.702. The molecule has 0 fully saturated rings. The van der Waals surface area contributed by atoms with Gasteiger partial charge in [-0.15, -0.1) is 0 Å². The van der Waals surface area contributed by atoms with E-state index in [-0.39, 0.29) is 5.75 Å². The van der Waals surface area contributed by atoms with Gasteiger partial charge >= 0.3 is 0 Å². The molecule has 4 heteroatoms. The first-order valence-electron chi connectivity index (χ1n) is 6.36. The lowest BCUT2D eigenvalue weighted by atomic mass is 10.1. The molecule has 102 valence electrons. The van der Waals surface area contributed by atoms with E-state index in [9.17, 15) is 9.50 Å². The summed E-state index contributed by atoms with van der Waals surface area (Å²) in [7, 11) is 0. The Bertz CT molecular complexity index is 356. The van der Waals surface area contributed by atoms with Crippen molar-refractivity contribution in [1.29, 1.82) is 0 Å². The maximum atomic E-state index is 13.0. The molecule has 0 aromatic heterocycles. The lowest BCUT2D eigenvalue weighted by molar-refractivity contribution is 0.125. The summed E-state index contributed by atoms with van der Waals surface area (Å²) in [5.74, 6) is -0.199. The molecule has 0 radical (unpaired) electrons. The number of phenols is 1. The van der Waals surface area contributed by atoms with E-state index in [4.69, 9.17) is 4.74 Å². The number of para-hydroxylation sites is 1. The van der Waals surface area contributed by atoms with Gasteiger partial charge in [0.25, 0.3) is 0 Å². The van der Waals surface area contributed by atoms with Crippen LogP contribution in [0.1, 0.15) is 25.8 Å². The van der Waals surface area contributed by atoms with Crippen molar-refractivity contribution in [2.75, 3.05) is 19.8 Å². The smallest absolute Gasteiger partial charge is 0.165 e. The molecular formula is C14H22FNO2. The number of hydrogen-bond acceptors (Lipinski definition) is 3. The minimum absolute atomic E-state index is 0.272. The van der Waals surface area contributed by atoms with Gasteiger partial charge in [-0.25, -0.2) is 4.39 Å². The van der Waals surface area contributed by atoms with Crippen LogP contribution >= 0.6 is 0 Å². The standard InChI is InChI=1S/C14H22FNO2/c1-11(2)6-8-18-9-7-16-10-12-4-3-5-13(15)14(12)17/h3-5,11,16-17H,6-10H2,1-2H3. The van der Waals surface area contributed by atoms with E-state index in [1.165, 1.54) is 6.07 Å². The minimum Gasteiger partial charge on any atom is -0.505 e. The normalized spacial score (nSPS) is 11.1. The lowest BCUT2D eigenvalue weighted by Gasteiger charge is -2.09. The number of rotatable bonds is 8. The van der Waals surface area contributed by atoms with Crippen LogP contribution in [0.25, 0.3) is 0 Å². The summed E-state index contributed by atoms with van der Waals surface area (Å²) in [6.07, 6.45) is 1.06. The molecule has 0 atom stereocenters. The van der Waals surface area contributed by atoms with Crippen LogP contribution in [0.3, 0.4) is 0 Å². The minimum atomic E-state index is -0.581. The molecule has 0 aliphatic carbocycles. The molecule has 0 saturated heterocycles. The highest BCUT2D eigenvalue weighted by Crippen LogP contribution is 2.19. The maximum absolute atomic E-state index is 13.0. The third-order valence-corrected chi connectivity index (χ3v) is 2.65. The summed E-state index contributed by atoms with van der Waals surface area (Å²) in [5.41, 5.74) is 0.567. The molecule has 0 heterocycles. The molecule has 0 aliphatic rings. The van der Waals surface area contributed by atoms with Crippen molar-refractivity contribution in [3.8, 4) is 5.75 Å². The number of aromatic hydroxyl groups is 1. The molecule has 0 saturated carbocycles. The molecule has 0 aliphatic heterocycles. The fourth-order valence-electron chi connectivity index (χ4n) is 1.49. The molecule has 18 heavy (non-hydrogen) atoms. The molecule has 1 rings (SSSR count). The Balaban J connectivity index is 2.13. The van der Waals surface area contributed by atoms with Crippen LogP contribution in [0.4, 0.5) is 4.39 Å². The third-order valence-electron chi connectivity index (χ3n) is 2.65. The Kier molecular flexibility index (Phi) is 6.68. The van der Waals surface area contributed by atoms with Crippen molar-refractivity contribution in [1.82, 2.24) is 5.32 Å². The molecule has 0 unspecified atom stereocenters. The number of nitrogens with one attached hydrogen (secondary N) is 1. The fraction of sp³-hybridized carbons (Fsp3) is 0.571. The van der Waals surface area contributed by atoms with Gasteiger partial charge in [-0.3, -0.25) is 0 Å². The summed E-state index contributed by atoms with van der Waals surface area (Å²) < 4.78 is 18.5. The number of hydrogen-bond donors (Lipinski definition) is 2. The molecule has 2 N–H and O–H groups in total. The van der Waals surface area contributed by atoms with E-state index in [1.807, 2.05) is 0 Å². The van der Waals surface area contributed by atoms with Gasteiger partial charge in [0.05, 0.1) is 6.61 Å². The second-order valence-corrected chi connectivity index (χ2v) is 4.72. The first-order chi connectivity index (χ1) is 8.61. The van der Waals surface area contributed by atoms with Crippen LogP contribution in [0.5, 0.6) is 5.75 Å². The van der Waals surface area contributed by atoms with Gasteiger partial charge in [-0.05, 0) is 18.4 Å². The van der Waals surface area contributed by atoms with E-state index in [0.717, 1.165) is 13.0 Å². The van der Waals surface area contributed by atoms with Crippen molar-refractivity contribution in [2.24, 2.45) is 5.92 Å². The Labute approximate surface area is 108 Å². The Morgan fingerprint density at radius 1 is 1.33 bits per heavy atom. The lowest BCUT2D eigenvalue weighted by Crippen LogP contribution is -2.19. The van der Waals surface area contributed by atoms with Gasteiger partial charge < -0.3 is 15.2 Å². The van der Waals surface area contributed by atoms with Gasteiger partial charge in [-0.1, -0.05) is 26.0 Å². The zero-order valence-corrected chi connectivity index (χ0v) is 11.1. The van der Waals surface area contributed by atoms with E-state index in [2.05, 4.69) is 19.2 Å². The van der Waals surface area contributed by atoms with Crippen LogP contribution in [0, 0.1) is 11.7 Å². The summed E-state index contributed by atoms with van der Waals surface area (Å²) in [6.45, 7) is 6.85. The Morgan fingerprint density at radius 2 is 2.11 bits per heavy atom. The average molecular weight is 255 g/mol. The molecular weight excluding hydrogens is 233 g/mol. The molecule has 1 aromatic rings. The van der Waals surface area contributed by atoms with E-state index in [1.54, 1.807) is 12.1 Å². The van der Waals surface area contributed by atoms with E-state index >= 15 is 0 Å². The predicted molar refractivity (Wildman–Crippen MR) is 70.0 cm³/mol. The van der Waals surface area contributed by atoms with Crippen LogP contribution in [-0.2, 0) is 11.3 Å². The number of halogens is 1. The first-order valence-corrected chi connectivity index (χ1v) is 6.36. The molecule has 0 amide bonds. The molecule has 0 spiro atoms. The average Bonchev–Trinajstić information content (AvgIpc) is 2.32. The third kappa shape index (κ3) is 5.47. The zero-order valence-electron chi connectivity index (χ0n) is 11.1. The molecule has 0 bridgehead atoms. The van der Waals surface area contributed by atoms with Gasteiger partial charge in [-0.2, -0.15) is 0 Å². The molecule has 3 nitrogen and oxygen atoms in total. The van der Waals surface area contributed by atoms with Gasteiger partial charge in [0.2, 0.25) is 0 Å². The summed E-state index contributed by atoms with van der Waals surface area (Å²) in [6, 6.07) is 4.53. The predicted octanol–water partition coefficient (Wildman–Crippen LogP) is 2.68.